The zero-order chi connectivity index (χ0) is 21.1. The number of methoxy groups -OCH3 is 1. The highest BCUT2D eigenvalue weighted by Gasteiger charge is 2.18. The summed E-state index contributed by atoms with van der Waals surface area (Å²) < 4.78 is 21.1. The van der Waals surface area contributed by atoms with Crippen molar-refractivity contribution in [1.29, 1.82) is 0 Å². The van der Waals surface area contributed by atoms with Gasteiger partial charge < -0.3 is 10.1 Å². The molecule has 0 spiro atoms. The Morgan fingerprint density at radius 1 is 1.10 bits per heavy atom. The van der Waals surface area contributed by atoms with Crippen molar-refractivity contribution < 1.29 is 13.9 Å². The van der Waals surface area contributed by atoms with Crippen molar-refractivity contribution in [1.82, 2.24) is 15.1 Å². The van der Waals surface area contributed by atoms with E-state index in [1.54, 1.807) is 16.8 Å². The Hall–Kier alpha value is -3.38. The maximum atomic E-state index is 14.2. The number of nitrogens with zero attached hydrogens (tertiary/aromatic N) is 2. The lowest BCUT2D eigenvalue weighted by Gasteiger charge is -2.10. The monoisotopic (exact) mass is 423 g/mol. The molecule has 0 unspecified atom stereocenters. The number of hydrogen-bond acceptors (Lipinski definition) is 3. The Morgan fingerprint density at radius 2 is 1.87 bits per heavy atom. The molecule has 0 bridgehead atoms. The fourth-order valence-electron chi connectivity index (χ4n) is 3.33. The summed E-state index contributed by atoms with van der Waals surface area (Å²) in [4.78, 5) is 12.9. The molecule has 0 aliphatic carbocycles. The molecule has 0 saturated heterocycles. The molecule has 0 fully saturated rings. The predicted molar refractivity (Wildman–Crippen MR) is 114 cm³/mol. The molecule has 0 aliphatic rings. The number of fused-ring (bicyclic) bond motifs is 1. The molecule has 1 amide bonds. The van der Waals surface area contributed by atoms with Crippen molar-refractivity contribution >= 4 is 28.4 Å². The third-order valence-electron chi connectivity index (χ3n) is 4.84. The highest BCUT2D eigenvalue weighted by Crippen LogP contribution is 2.23. The van der Waals surface area contributed by atoms with Gasteiger partial charge in [-0.15, -0.1) is 0 Å². The number of benzene rings is 3. The third kappa shape index (κ3) is 4.00. The first kappa shape index (κ1) is 19.9. The van der Waals surface area contributed by atoms with Gasteiger partial charge in [0.05, 0.1) is 19.2 Å². The minimum absolute atomic E-state index is 0.00689. The van der Waals surface area contributed by atoms with Gasteiger partial charge in [-0.3, -0.25) is 9.48 Å². The zero-order valence-corrected chi connectivity index (χ0v) is 17.0. The van der Waals surface area contributed by atoms with Gasteiger partial charge >= 0.3 is 0 Å². The van der Waals surface area contributed by atoms with Gasteiger partial charge in [0.1, 0.15) is 11.6 Å². The van der Waals surface area contributed by atoms with Gasteiger partial charge in [-0.1, -0.05) is 48.0 Å². The Kier molecular flexibility index (Phi) is 5.68. The molecule has 4 rings (SSSR count). The number of carbonyl (C=O) groups is 1. The molecular formula is C23H19ClFN3O2. The molecular weight excluding hydrogens is 405 g/mol. The lowest BCUT2D eigenvalue weighted by Crippen LogP contribution is -2.24. The van der Waals surface area contributed by atoms with E-state index in [1.165, 1.54) is 13.2 Å². The van der Waals surface area contributed by atoms with E-state index in [-0.39, 0.29) is 18.1 Å². The molecule has 0 aliphatic heterocycles. The van der Waals surface area contributed by atoms with Crippen molar-refractivity contribution in [2.24, 2.45) is 0 Å². The van der Waals surface area contributed by atoms with Crippen LogP contribution in [0.1, 0.15) is 21.6 Å². The predicted octanol–water partition coefficient (Wildman–Crippen LogP) is 4.82. The van der Waals surface area contributed by atoms with Crippen molar-refractivity contribution in [2.45, 2.75) is 13.1 Å². The van der Waals surface area contributed by atoms with Crippen LogP contribution in [0.4, 0.5) is 4.39 Å². The Bertz CT molecular complexity index is 1210. The van der Waals surface area contributed by atoms with Crippen molar-refractivity contribution in [3.63, 3.8) is 0 Å². The van der Waals surface area contributed by atoms with E-state index in [9.17, 15) is 9.18 Å². The van der Waals surface area contributed by atoms with Crippen LogP contribution in [0.15, 0.2) is 66.7 Å². The lowest BCUT2D eigenvalue weighted by molar-refractivity contribution is 0.0946. The second-order valence-corrected chi connectivity index (χ2v) is 7.19. The summed E-state index contributed by atoms with van der Waals surface area (Å²) in [6, 6.07) is 19.5. The minimum atomic E-state index is -0.437. The minimum Gasteiger partial charge on any atom is -0.496 e. The van der Waals surface area contributed by atoms with E-state index < -0.39 is 5.82 Å². The molecule has 5 nitrogen and oxygen atoms in total. The highest BCUT2D eigenvalue weighted by molar-refractivity contribution is 6.30. The molecule has 3 aromatic carbocycles. The topological polar surface area (TPSA) is 56.1 Å². The highest BCUT2D eigenvalue weighted by atomic mass is 35.5. The average Bonchev–Trinajstić information content (AvgIpc) is 3.12. The fourth-order valence-corrected chi connectivity index (χ4v) is 3.46. The van der Waals surface area contributed by atoms with E-state index in [0.29, 0.717) is 22.9 Å². The first-order valence-corrected chi connectivity index (χ1v) is 9.74. The zero-order valence-electron chi connectivity index (χ0n) is 16.2. The smallest absolute Gasteiger partial charge is 0.272 e. The number of hydrogen-bond donors (Lipinski definition) is 1. The number of aromatic nitrogens is 2. The number of amides is 1. The summed E-state index contributed by atoms with van der Waals surface area (Å²) in [5, 5.41) is 8.67. The molecule has 0 radical (unpaired) electrons. The van der Waals surface area contributed by atoms with Gasteiger partial charge in [-0.25, -0.2) is 4.39 Å². The van der Waals surface area contributed by atoms with Crippen LogP contribution < -0.4 is 10.1 Å². The quantitative estimate of drug-likeness (QED) is 0.484. The summed E-state index contributed by atoms with van der Waals surface area (Å²) >= 11 is 5.96. The molecule has 152 valence electrons. The summed E-state index contributed by atoms with van der Waals surface area (Å²) in [6.45, 7) is 0.485. The number of nitrogens with one attached hydrogen (secondary N) is 1. The van der Waals surface area contributed by atoms with Crippen LogP contribution in [0.3, 0.4) is 0 Å². The summed E-state index contributed by atoms with van der Waals surface area (Å²) in [7, 11) is 1.46. The van der Waals surface area contributed by atoms with Crippen LogP contribution in [0.5, 0.6) is 5.75 Å². The van der Waals surface area contributed by atoms with Gasteiger partial charge in [-0.2, -0.15) is 5.10 Å². The number of rotatable bonds is 6. The van der Waals surface area contributed by atoms with Crippen LogP contribution >= 0.6 is 11.6 Å². The van der Waals surface area contributed by atoms with Crippen molar-refractivity contribution in [3.8, 4) is 5.75 Å². The van der Waals surface area contributed by atoms with Crippen LogP contribution in [0.2, 0.25) is 5.02 Å². The average molecular weight is 424 g/mol. The number of carbonyl (C=O) groups excluding carboxylic acids is 1. The largest absolute Gasteiger partial charge is 0.496 e. The van der Waals surface area contributed by atoms with E-state index >= 15 is 0 Å². The van der Waals surface area contributed by atoms with Gasteiger partial charge in [0.2, 0.25) is 0 Å². The second kappa shape index (κ2) is 8.55. The second-order valence-electron chi connectivity index (χ2n) is 6.75. The molecule has 1 N–H and O–H groups in total. The third-order valence-corrected chi connectivity index (χ3v) is 5.09. The van der Waals surface area contributed by atoms with E-state index in [4.69, 9.17) is 16.3 Å². The SMILES string of the molecule is COc1cccc(F)c1CNC(=O)c1nn(Cc2ccc(Cl)cc2)c2ccccc12. The van der Waals surface area contributed by atoms with E-state index in [1.807, 2.05) is 48.5 Å². The maximum absolute atomic E-state index is 14.2. The Morgan fingerprint density at radius 3 is 2.63 bits per heavy atom. The first-order valence-electron chi connectivity index (χ1n) is 9.36. The Labute approximate surface area is 178 Å². The van der Waals surface area contributed by atoms with Gasteiger partial charge in [-0.05, 0) is 35.9 Å². The van der Waals surface area contributed by atoms with E-state index in [2.05, 4.69) is 10.4 Å². The van der Waals surface area contributed by atoms with Crippen molar-refractivity contribution in [3.05, 3.63) is 94.4 Å². The molecule has 1 heterocycles. The number of halogens is 2. The molecule has 4 aromatic rings. The summed E-state index contributed by atoms with van der Waals surface area (Å²) in [6.07, 6.45) is 0. The lowest BCUT2D eigenvalue weighted by atomic mass is 10.1. The maximum Gasteiger partial charge on any atom is 0.272 e. The Balaban J connectivity index is 1.61. The first-order chi connectivity index (χ1) is 14.6. The standard InChI is InChI=1S/C23H19ClFN3O2/c1-30-21-8-4-6-19(25)18(21)13-26-23(29)22-17-5-2-3-7-20(17)28(27-22)14-15-9-11-16(24)12-10-15/h2-12H,13-14H2,1H3,(H,26,29). The summed E-state index contributed by atoms with van der Waals surface area (Å²) in [5.74, 6) is -0.437. The van der Waals surface area contributed by atoms with Crippen molar-refractivity contribution in [2.75, 3.05) is 7.11 Å². The molecule has 0 saturated carbocycles. The van der Waals surface area contributed by atoms with E-state index in [0.717, 1.165) is 16.5 Å². The van der Waals surface area contributed by atoms with Crippen LogP contribution in [-0.4, -0.2) is 22.8 Å². The van der Waals surface area contributed by atoms with Gasteiger partial charge in [0, 0.05) is 22.5 Å². The summed E-state index contributed by atoms with van der Waals surface area (Å²) in [5.41, 5.74) is 2.42. The molecule has 7 heteroatoms. The van der Waals surface area contributed by atoms with Crippen LogP contribution in [0, 0.1) is 5.82 Å². The van der Waals surface area contributed by atoms with Crippen LogP contribution in [0.25, 0.3) is 10.9 Å². The number of para-hydroxylation sites is 1. The molecule has 1 aromatic heterocycles. The number of ether oxygens (including phenoxy) is 1. The molecule has 30 heavy (non-hydrogen) atoms. The van der Waals surface area contributed by atoms with Gasteiger partial charge in [0.15, 0.2) is 5.69 Å². The fraction of sp³-hybridized carbons (Fsp3) is 0.130. The molecule has 0 atom stereocenters. The van der Waals surface area contributed by atoms with Crippen LogP contribution in [-0.2, 0) is 13.1 Å². The van der Waals surface area contributed by atoms with Gasteiger partial charge in [0.25, 0.3) is 5.91 Å². The normalized spacial score (nSPS) is 10.9.